The molecule has 0 saturated carbocycles. The second kappa shape index (κ2) is 17.0. The van der Waals surface area contributed by atoms with Gasteiger partial charge in [0.1, 0.15) is 11.1 Å². The molecule has 0 radical (unpaired) electrons. The third-order valence-corrected chi connectivity index (χ3v) is 18.8. The van der Waals surface area contributed by atoms with Crippen LogP contribution in [0.4, 0.5) is 0 Å². The van der Waals surface area contributed by atoms with Crippen LogP contribution in [0.15, 0.2) is 235 Å². The monoisotopic (exact) mass is 1050 g/mol. The van der Waals surface area contributed by atoms with Gasteiger partial charge in [0, 0.05) is 88.5 Å². The van der Waals surface area contributed by atoms with Crippen molar-refractivity contribution in [1.82, 2.24) is 29.1 Å². The number of thiophene rings is 3. The molecule has 364 valence electrons. The van der Waals surface area contributed by atoms with Crippen LogP contribution < -0.4 is 0 Å². The number of nitrogens with zero attached hydrogens (tertiary/aromatic N) is 6. The summed E-state index contributed by atoms with van der Waals surface area (Å²) >= 11 is 5.50. The zero-order valence-electron chi connectivity index (χ0n) is 41.3. The number of hydrogen-bond acceptors (Lipinski definition) is 8. The standard InChI is InChI=1S/C34H19N3OS.C34H19N3S2/c1-2-10-20(11-3-1)33-35-30-24-14-5-8-16-27(24)38-31(30)34(36-33)37-25-15-7-4-13-23(25)29-26(37)19-18-22-21-12-6-9-17-28(21)39-32(22)29;1-2-10-20(11-3-1)33-35-30-24-14-6-9-17-28(24)39-32(30)34(36-33)37-25-15-7-4-13-23(25)29-26(37)19-18-22-21-12-5-8-16-27(21)38-31(22)29/h2*1-19H. The lowest BCUT2D eigenvalue weighted by Crippen LogP contribution is -2.01. The highest BCUT2D eigenvalue weighted by atomic mass is 32.1. The number of para-hydroxylation sites is 3. The first-order chi connectivity index (χ1) is 38.7. The second-order valence-corrected chi connectivity index (χ2v) is 22.8. The van der Waals surface area contributed by atoms with Crippen LogP contribution in [0.2, 0.25) is 0 Å². The molecule has 7 nitrogen and oxygen atoms in total. The number of rotatable bonds is 4. The van der Waals surface area contributed by atoms with E-state index in [2.05, 4.69) is 185 Å². The molecule has 0 fully saturated rings. The van der Waals surface area contributed by atoms with E-state index in [0.29, 0.717) is 11.4 Å². The summed E-state index contributed by atoms with van der Waals surface area (Å²) in [6, 6.07) is 80.9. The maximum Gasteiger partial charge on any atom is 0.197 e. The van der Waals surface area contributed by atoms with Gasteiger partial charge in [-0.3, -0.25) is 9.13 Å². The summed E-state index contributed by atoms with van der Waals surface area (Å²) in [5.74, 6) is 3.11. The Kier molecular flexibility index (Phi) is 9.49. The molecule has 10 heteroatoms. The molecule has 0 aliphatic heterocycles. The maximum absolute atomic E-state index is 6.49. The molecule has 0 amide bonds. The van der Waals surface area contributed by atoms with Crippen LogP contribution in [0.3, 0.4) is 0 Å². The average Bonchev–Trinajstić information content (AvgIpc) is 4.56. The Morgan fingerprint density at radius 3 is 1.29 bits per heavy atom. The molecule has 10 aromatic carbocycles. The zero-order chi connectivity index (χ0) is 51.0. The summed E-state index contributed by atoms with van der Waals surface area (Å²) in [7, 11) is 0. The number of benzene rings is 10. The molecular formula is C68H38N6OS3. The van der Waals surface area contributed by atoms with Crippen LogP contribution in [-0.4, -0.2) is 29.1 Å². The lowest BCUT2D eigenvalue weighted by molar-refractivity contribution is 0.662. The fourth-order valence-corrected chi connectivity index (χ4v) is 15.5. The van der Waals surface area contributed by atoms with Crippen molar-refractivity contribution in [2.75, 3.05) is 0 Å². The summed E-state index contributed by atoms with van der Waals surface area (Å²) in [6.07, 6.45) is 0. The van der Waals surface area contributed by atoms with E-state index in [0.717, 1.165) is 71.8 Å². The molecule has 0 aliphatic carbocycles. The summed E-state index contributed by atoms with van der Waals surface area (Å²) in [4.78, 5) is 20.6. The molecule has 0 atom stereocenters. The highest BCUT2D eigenvalue weighted by molar-refractivity contribution is 7.27. The normalized spacial score (nSPS) is 12.1. The van der Waals surface area contributed by atoms with Crippen LogP contribution >= 0.6 is 34.0 Å². The highest BCUT2D eigenvalue weighted by Gasteiger charge is 2.25. The van der Waals surface area contributed by atoms with Crippen molar-refractivity contribution in [1.29, 1.82) is 0 Å². The summed E-state index contributed by atoms with van der Waals surface area (Å²) in [5.41, 5.74) is 9.85. The number of aromatic nitrogens is 6. The molecule has 8 heterocycles. The van der Waals surface area contributed by atoms with Gasteiger partial charge in [0.15, 0.2) is 28.9 Å². The Morgan fingerprint density at radius 1 is 0.295 bits per heavy atom. The molecule has 0 unspecified atom stereocenters. The van der Waals surface area contributed by atoms with Gasteiger partial charge in [-0.05, 0) is 54.6 Å². The summed E-state index contributed by atoms with van der Waals surface area (Å²) in [5, 5.41) is 12.4. The third kappa shape index (κ3) is 6.42. The van der Waals surface area contributed by atoms with Gasteiger partial charge < -0.3 is 4.42 Å². The fraction of sp³-hybridized carbons (Fsp3) is 0. The largest absolute Gasteiger partial charge is 0.450 e. The van der Waals surface area contributed by atoms with Crippen molar-refractivity contribution in [3.63, 3.8) is 0 Å². The minimum Gasteiger partial charge on any atom is -0.450 e. The lowest BCUT2D eigenvalue weighted by Gasteiger charge is -2.10. The Hall–Kier alpha value is -9.58. The van der Waals surface area contributed by atoms with Crippen LogP contribution in [0.1, 0.15) is 0 Å². The SMILES string of the molecule is c1ccc(-c2nc(-n3c4ccccc4c4c5sc6ccccc6c5ccc43)c3oc4ccccc4c3n2)cc1.c1ccc(-c2nc(-n3c4ccccc4c4c5sc6ccccc6c5ccc43)c3sc4ccccc4c3n2)cc1. The minimum atomic E-state index is 0.679. The van der Waals surface area contributed by atoms with E-state index in [1.54, 1.807) is 11.3 Å². The predicted octanol–water partition coefficient (Wildman–Crippen LogP) is 19.5. The molecule has 0 N–H and O–H groups in total. The predicted molar refractivity (Wildman–Crippen MR) is 330 cm³/mol. The van der Waals surface area contributed by atoms with E-state index in [1.807, 2.05) is 77.3 Å². The fourth-order valence-electron chi connectivity index (χ4n) is 11.8. The van der Waals surface area contributed by atoms with E-state index in [-0.39, 0.29) is 0 Å². The van der Waals surface area contributed by atoms with Crippen LogP contribution in [-0.2, 0) is 0 Å². The minimum absolute atomic E-state index is 0.679. The van der Waals surface area contributed by atoms with E-state index >= 15 is 0 Å². The maximum atomic E-state index is 6.49. The van der Waals surface area contributed by atoms with Crippen molar-refractivity contribution < 1.29 is 4.42 Å². The van der Waals surface area contributed by atoms with Crippen molar-refractivity contribution >= 4 is 160 Å². The van der Waals surface area contributed by atoms with Crippen molar-refractivity contribution in [2.24, 2.45) is 0 Å². The van der Waals surface area contributed by atoms with Gasteiger partial charge >= 0.3 is 0 Å². The lowest BCUT2D eigenvalue weighted by atomic mass is 10.1. The average molecular weight is 1050 g/mol. The Balaban J connectivity index is 0.000000126. The van der Waals surface area contributed by atoms with Gasteiger partial charge in [0.25, 0.3) is 0 Å². The Bertz CT molecular complexity index is 5130. The Morgan fingerprint density at radius 2 is 0.718 bits per heavy atom. The van der Waals surface area contributed by atoms with Crippen molar-refractivity contribution in [3.8, 4) is 34.4 Å². The van der Waals surface area contributed by atoms with E-state index in [4.69, 9.17) is 24.4 Å². The van der Waals surface area contributed by atoms with Gasteiger partial charge in [-0.2, -0.15) is 0 Å². The van der Waals surface area contributed by atoms with Gasteiger partial charge in [-0.15, -0.1) is 34.0 Å². The number of fused-ring (bicyclic) bond motifs is 20. The number of hydrogen-bond donors (Lipinski definition) is 0. The smallest absolute Gasteiger partial charge is 0.197 e. The van der Waals surface area contributed by atoms with E-state index < -0.39 is 0 Å². The third-order valence-electron chi connectivity index (χ3n) is 15.3. The first kappa shape index (κ1) is 43.6. The Labute approximate surface area is 455 Å². The van der Waals surface area contributed by atoms with Crippen molar-refractivity contribution in [3.05, 3.63) is 231 Å². The van der Waals surface area contributed by atoms with Gasteiger partial charge in [-0.1, -0.05) is 176 Å². The zero-order valence-corrected chi connectivity index (χ0v) is 43.7. The highest BCUT2D eigenvalue weighted by Crippen LogP contribution is 2.47. The van der Waals surface area contributed by atoms with E-state index in [1.165, 1.54) is 77.5 Å². The molecule has 18 rings (SSSR count). The molecule has 0 spiro atoms. The molecule has 0 saturated heterocycles. The van der Waals surface area contributed by atoms with Crippen LogP contribution in [0, 0.1) is 0 Å². The van der Waals surface area contributed by atoms with E-state index in [9.17, 15) is 0 Å². The molecule has 78 heavy (non-hydrogen) atoms. The van der Waals surface area contributed by atoms with Crippen LogP contribution in [0.5, 0.6) is 0 Å². The summed E-state index contributed by atoms with van der Waals surface area (Å²) in [6.45, 7) is 0. The molecule has 8 aromatic heterocycles. The second-order valence-electron chi connectivity index (χ2n) is 19.6. The first-order valence-electron chi connectivity index (χ1n) is 25.9. The van der Waals surface area contributed by atoms with Gasteiger partial charge in [-0.25, -0.2) is 19.9 Å². The van der Waals surface area contributed by atoms with Crippen LogP contribution in [0.25, 0.3) is 161 Å². The molecule has 0 aliphatic rings. The topological polar surface area (TPSA) is 74.6 Å². The number of furan rings is 1. The quantitative estimate of drug-likeness (QED) is 0.176. The molecule has 0 bridgehead atoms. The van der Waals surface area contributed by atoms with Crippen molar-refractivity contribution in [2.45, 2.75) is 0 Å². The summed E-state index contributed by atoms with van der Waals surface area (Å²) < 4.78 is 18.7. The molecular weight excluding hydrogens is 1010 g/mol. The van der Waals surface area contributed by atoms with Gasteiger partial charge in [0.05, 0.1) is 32.3 Å². The van der Waals surface area contributed by atoms with Gasteiger partial charge in [0.2, 0.25) is 0 Å². The first-order valence-corrected chi connectivity index (χ1v) is 28.3. The molecule has 18 aromatic rings.